The SMILES string of the molecule is O=C(C1CCCCCCC1)N1CCCC1CO. The van der Waals surface area contributed by atoms with Crippen LogP contribution < -0.4 is 0 Å². The van der Waals surface area contributed by atoms with Crippen molar-refractivity contribution >= 4 is 5.91 Å². The molecule has 0 bridgehead atoms. The van der Waals surface area contributed by atoms with Gasteiger partial charge in [-0.1, -0.05) is 32.1 Å². The minimum absolute atomic E-state index is 0.105. The average molecular weight is 239 g/mol. The van der Waals surface area contributed by atoms with Crippen molar-refractivity contribution < 1.29 is 9.90 Å². The highest BCUT2D eigenvalue weighted by molar-refractivity contribution is 5.79. The van der Waals surface area contributed by atoms with Crippen molar-refractivity contribution in [2.24, 2.45) is 5.92 Å². The van der Waals surface area contributed by atoms with Crippen LogP contribution in [0.1, 0.15) is 57.8 Å². The van der Waals surface area contributed by atoms with E-state index in [2.05, 4.69) is 0 Å². The van der Waals surface area contributed by atoms with Crippen molar-refractivity contribution in [1.82, 2.24) is 4.90 Å². The number of rotatable bonds is 2. The number of likely N-dealkylation sites (tertiary alicyclic amines) is 1. The lowest BCUT2D eigenvalue weighted by molar-refractivity contribution is -0.137. The van der Waals surface area contributed by atoms with E-state index in [0.717, 1.165) is 32.2 Å². The van der Waals surface area contributed by atoms with Gasteiger partial charge in [0.2, 0.25) is 5.91 Å². The highest BCUT2D eigenvalue weighted by Crippen LogP contribution is 2.27. The predicted molar refractivity (Wildman–Crippen MR) is 67.6 cm³/mol. The van der Waals surface area contributed by atoms with Gasteiger partial charge in [0.25, 0.3) is 0 Å². The zero-order valence-corrected chi connectivity index (χ0v) is 10.7. The fourth-order valence-corrected chi connectivity index (χ4v) is 3.25. The first-order valence-electron chi connectivity index (χ1n) is 7.24. The van der Waals surface area contributed by atoms with Gasteiger partial charge in [-0.2, -0.15) is 0 Å². The van der Waals surface area contributed by atoms with Gasteiger partial charge >= 0.3 is 0 Å². The monoisotopic (exact) mass is 239 g/mol. The smallest absolute Gasteiger partial charge is 0.226 e. The summed E-state index contributed by atoms with van der Waals surface area (Å²) in [5, 5.41) is 9.29. The minimum Gasteiger partial charge on any atom is -0.394 e. The number of carbonyl (C=O) groups is 1. The molecule has 3 heteroatoms. The lowest BCUT2D eigenvalue weighted by Gasteiger charge is -2.28. The van der Waals surface area contributed by atoms with Crippen LogP contribution in [0.2, 0.25) is 0 Å². The summed E-state index contributed by atoms with van der Waals surface area (Å²) in [5.41, 5.74) is 0. The summed E-state index contributed by atoms with van der Waals surface area (Å²) in [6.07, 6.45) is 10.5. The Labute approximate surface area is 104 Å². The van der Waals surface area contributed by atoms with E-state index in [4.69, 9.17) is 0 Å². The number of hydrogen-bond acceptors (Lipinski definition) is 2. The summed E-state index contributed by atoms with van der Waals surface area (Å²) >= 11 is 0. The molecule has 2 rings (SSSR count). The van der Waals surface area contributed by atoms with Crippen LogP contribution in [0.25, 0.3) is 0 Å². The Morgan fingerprint density at radius 3 is 2.29 bits per heavy atom. The quantitative estimate of drug-likeness (QED) is 0.803. The van der Waals surface area contributed by atoms with E-state index in [-0.39, 0.29) is 18.6 Å². The Balaban J connectivity index is 1.92. The zero-order valence-electron chi connectivity index (χ0n) is 10.7. The van der Waals surface area contributed by atoms with E-state index in [1.165, 1.54) is 32.1 Å². The van der Waals surface area contributed by atoms with Gasteiger partial charge < -0.3 is 10.0 Å². The van der Waals surface area contributed by atoms with E-state index in [1.807, 2.05) is 4.90 Å². The number of carbonyl (C=O) groups excluding carboxylic acids is 1. The highest BCUT2D eigenvalue weighted by Gasteiger charge is 2.32. The maximum Gasteiger partial charge on any atom is 0.226 e. The van der Waals surface area contributed by atoms with Gasteiger partial charge in [-0.3, -0.25) is 4.79 Å². The van der Waals surface area contributed by atoms with Gasteiger partial charge in [0.15, 0.2) is 0 Å². The fraction of sp³-hybridized carbons (Fsp3) is 0.929. The Morgan fingerprint density at radius 2 is 1.65 bits per heavy atom. The van der Waals surface area contributed by atoms with E-state index in [0.29, 0.717) is 5.91 Å². The molecule has 0 spiro atoms. The Bertz CT molecular complexity index is 247. The lowest BCUT2D eigenvalue weighted by atomic mass is 9.90. The number of hydrogen-bond donors (Lipinski definition) is 1. The van der Waals surface area contributed by atoms with E-state index in [9.17, 15) is 9.90 Å². The first-order chi connectivity index (χ1) is 8.33. The third kappa shape index (κ3) is 3.21. The second kappa shape index (κ2) is 6.39. The fourth-order valence-electron chi connectivity index (χ4n) is 3.25. The standard InChI is InChI=1S/C14H25NO2/c16-11-13-9-6-10-15(13)14(17)12-7-4-2-1-3-5-8-12/h12-13,16H,1-11H2. The number of aliphatic hydroxyl groups excluding tert-OH is 1. The Hall–Kier alpha value is -0.570. The number of amides is 1. The maximum atomic E-state index is 12.4. The Kier molecular flexibility index (Phi) is 4.84. The second-order valence-electron chi connectivity index (χ2n) is 5.55. The summed E-state index contributed by atoms with van der Waals surface area (Å²) in [6, 6.07) is 0.105. The molecule has 2 fully saturated rings. The highest BCUT2D eigenvalue weighted by atomic mass is 16.3. The van der Waals surface area contributed by atoms with Crippen molar-refractivity contribution in [3.05, 3.63) is 0 Å². The molecule has 0 aromatic rings. The molecule has 17 heavy (non-hydrogen) atoms. The van der Waals surface area contributed by atoms with E-state index < -0.39 is 0 Å². The molecular weight excluding hydrogens is 214 g/mol. The molecule has 1 aliphatic heterocycles. The molecule has 1 atom stereocenters. The number of aliphatic hydroxyl groups is 1. The molecule has 2 aliphatic rings. The topological polar surface area (TPSA) is 40.5 Å². The molecule has 3 nitrogen and oxygen atoms in total. The molecule has 1 unspecified atom stereocenters. The van der Waals surface area contributed by atoms with Crippen LogP contribution in [0.15, 0.2) is 0 Å². The van der Waals surface area contributed by atoms with Gasteiger partial charge in [0.1, 0.15) is 0 Å². The van der Waals surface area contributed by atoms with Crippen LogP contribution >= 0.6 is 0 Å². The van der Waals surface area contributed by atoms with Gasteiger partial charge in [-0.15, -0.1) is 0 Å². The second-order valence-corrected chi connectivity index (χ2v) is 5.55. The largest absolute Gasteiger partial charge is 0.394 e. The van der Waals surface area contributed by atoms with Gasteiger partial charge in [-0.25, -0.2) is 0 Å². The molecule has 0 aromatic heterocycles. The summed E-state index contributed by atoms with van der Waals surface area (Å²) < 4.78 is 0. The van der Waals surface area contributed by atoms with Crippen LogP contribution in [-0.2, 0) is 4.79 Å². The van der Waals surface area contributed by atoms with Gasteiger partial charge in [-0.05, 0) is 25.7 Å². The summed E-state index contributed by atoms with van der Waals surface area (Å²) in [5.74, 6) is 0.561. The summed E-state index contributed by atoms with van der Waals surface area (Å²) in [4.78, 5) is 14.4. The van der Waals surface area contributed by atoms with Gasteiger partial charge in [0.05, 0.1) is 12.6 Å². The third-order valence-electron chi connectivity index (χ3n) is 4.33. The van der Waals surface area contributed by atoms with Crippen LogP contribution in [0, 0.1) is 5.92 Å². The van der Waals surface area contributed by atoms with Crippen molar-refractivity contribution in [3.8, 4) is 0 Å². The third-order valence-corrected chi connectivity index (χ3v) is 4.33. The maximum absolute atomic E-state index is 12.4. The van der Waals surface area contributed by atoms with Crippen molar-refractivity contribution in [3.63, 3.8) is 0 Å². The van der Waals surface area contributed by atoms with Crippen molar-refractivity contribution in [2.75, 3.05) is 13.2 Å². The van der Waals surface area contributed by atoms with Crippen LogP contribution in [0.3, 0.4) is 0 Å². The molecule has 1 saturated heterocycles. The van der Waals surface area contributed by atoms with E-state index in [1.54, 1.807) is 0 Å². The normalized spacial score (nSPS) is 27.8. The molecule has 0 aromatic carbocycles. The van der Waals surface area contributed by atoms with Gasteiger partial charge in [0, 0.05) is 12.5 Å². The molecule has 98 valence electrons. The molecule has 1 saturated carbocycles. The summed E-state index contributed by atoms with van der Waals surface area (Å²) in [7, 11) is 0. The first-order valence-corrected chi connectivity index (χ1v) is 7.24. The van der Waals surface area contributed by atoms with Crippen LogP contribution in [-0.4, -0.2) is 35.1 Å². The van der Waals surface area contributed by atoms with Crippen molar-refractivity contribution in [2.45, 2.75) is 63.8 Å². The molecule has 0 radical (unpaired) electrons. The van der Waals surface area contributed by atoms with Crippen molar-refractivity contribution in [1.29, 1.82) is 0 Å². The molecular formula is C14H25NO2. The van der Waals surface area contributed by atoms with Crippen LogP contribution in [0.5, 0.6) is 0 Å². The Morgan fingerprint density at radius 1 is 1.00 bits per heavy atom. The minimum atomic E-state index is 0.105. The molecule has 1 N–H and O–H groups in total. The van der Waals surface area contributed by atoms with E-state index >= 15 is 0 Å². The predicted octanol–water partition coefficient (Wildman–Crippen LogP) is 2.33. The number of nitrogens with zero attached hydrogens (tertiary/aromatic N) is 1. The molecule has 1 amide bonds. The summed E-state index contributed by atoms with van der Waals surface area (Å²) in [6.45, 7) is 0.999. The average Bonchev–Trinajstić information content (AvgIpc) is 2.75. The molecule has 1 heterocycles. The molecule has 1 aliphatic carbocycles. The zero-order chi connectivity index (χ0) is 12.1. The first kappa shape index (κ1) is 12.9. The lowest BCUT2D eigenvalue weighted by Crippen LogP contribution is -2.41. The van der Waals surface area contributed by atoms with Crippen LogP contribution in [0.4, 0.5) is 0 Å².